The Morgan fingerprint density at radius 2 is 2.00 bits per heavy atom. The molecular weight excluding hydrogens is 464 g/mol. The van der Waals surface area contributed by atoms with E-state index in [0.29, 0.717) is 6.54 Å². The first kappa shape index (κ1) is 21.8. The monoisotopic (exact) mass is 481 g/mol. The minimum atomic E-state index is -4.33. The maximum Gasteiger partial charge on any atom is 0.262 e. The van der Waals surface area contributed by atoms with Crippen LogP contribution in [0.5, 0.6) is 5.75 Å². The third-order valence-corrected chi connectivity index (χ3v) is 7.56. The summed E-state index contributed by atoms with van der Waals surface area (Å²) >= 11 is 2.97. The quantitative estimate of drug-likeness (QED) is 0.281. The lowest BCUT2D eigenvalue weighted by atomic mass is 10.2. The summed E-state index contributed by atoms with van der Waals surface area (Å²) in [7, 11) is -2.74. The Kier molecular flexibility index (Phi) is 6.07. The summed E-state index contributed by atoms with van der Waals surface area (Å²) in [5, 5.41) is 3.62. The van der Waals surface area contributed by atoms with Gasteiger partial charge in [-0.3, -0.25) is 0 Å². The number of aryl methyl sites for hydroxylation is 1. The molecule has 4 rings (SSSR count). The van der Waals surface area contributed by atoms with Crippen LogP contribution in [-0.2, 0) is 16.7 Å². The summed E-state index contributed by atoms with van der Waals surface area (Å²) in [6.07, 6.45) is 3.40. The first-order chi connectivity index (χ1) is 14.8. The molecule has 0 spiro atoms. The Morgan fingerprint density at radius 3 is 2.71 bits per heavy atom. The molecule has 0 aliphatic rings. The fourth-order valence-electron chi connectivity index (χ4n) is 3.39. The van der Waals surface area contributed by atoms with Crippen molar-refractivity contribution in [2.75, 3.05) is 12.9 Å². The number of methoxy groups -OCH3 is 1. The van der Waals surface area contributed by atoms with Crippen molar-refractivity contribution >= 4 is 65.2 Å². The van der Waals surface area contributed by atoms with E-state index < -0.39 is 27.5 Å². The van der Waals surface area contributed by atoms with Gasteiger partial charge >= 0.3 is 0 Å². The second kappa shape index (κ2) is 8.62. The first-order valence-corrected chi connectivity index (χ1v) is 12.5. The van der Waals surface area contributed by atoms with Crippen molar-refractivity contribution in [3.63, 3.8) is 0 Å². The van der Waals surface area contributed by atoms with Crippen LogP contribution in [0.4, 0.5) is 8.78 Å². The molecule has 2 aromatic carbocycles. The van der Waals surface area contributed by atoms with Crippen molar-refractivity contribution in [3.8, 4) is 5.75 Å². The van der Waals surface area contributed by atoms with Gasteiger partial charge in [-0.2, -0.15) is 4.57 Å². The first-order valence-electron chi connectivity index (χ1n) is 9.24. The number of hydrogen-bond donors (Lipinski definition) is 0. The second-order valence-corrected chi connectivity index (χ2v) is 10.3. The van der Waals surface area contributed by atoms with Crippen LogP contribution < -0.4 is 9.30 Å². The van der Waals surface area contributed by atoms with Gasteiger partial charge in [0, 0.05) is 41.3 Å². The summed E-state index contributed by atoms with van der Waals surface area (Å²) in [4.78, 5) is 0. The van der Waals surface area contributed by atoms with Gasteiger partial charge in [0.15, 0.2) is 6.54 Å². The molecule has 31 heavy (non-hydrogen) atoms. The van der Waals surface area contributed by atoms with Crippen molar-refractivity contribution in [1.82, 2.24) is 0 Å². The van der Waals surface area contributed by atoms with Gasteiger partial charge in [-0.05, 0) is 29.7 Å². The van der Waals surface area contributed by atoms with E-state index in [2.05, 4.69) is 0 Å². The number of thiazole rings is 1. The highest BCUT2D eigenvalue weighted by molar-refractivity contribution is 7.85. The third kappa shape index (κ3) is 4.62. The van der Waals surface area contributed by atoms with Crippen molar-refractivity contribution in [2.45, 2.75) is 13.0 Å². The van der Waals surface area contributed by atoms with Crippen LogP contribution >= 0.6 is 22.7 Å². The number of fused-ring (bicyclic) bond motifs is 3. The van der Waals surface area contributed by atoms with E-state index in [1.54, 1.807) is 19.3 Å². The summed E-state index contributed by atoms with van der Waals surface area (Å²) in [5.41, 5.74) is 1.13. The van der Waals surface area contributed by atoms with Crippen LogP contribution in [0.1, 0.15) is 17.0 Å². The van der Waals surface area contributed by atoms with E-state index in [4.69, 9.17) is 4.74 Å². The molecule has 0 unspecified atom stereocenters. The minimum Gasteiger partial charge on any atom is -0.748 e. The Labute approximate surface area is 185 Å². The topological polar surface area (TPSA) is 70.3 Å². The SMILES string of the molecule is COc1cc2sc(/C=C/c3ccc(F)cc3F)[n+](CCCS(=O)(=O)[O-])c2c2sccc12. The molecule has 0 bridgehead atoms. The summed E-state index contributed by atoms with van der Waals surface area (Å²) in [5.74, 6) is -1.09. The molecule has 0 fully saturated rings. The predicted octanol–water partition coefficient (Wildman–Crippen LogP) is 4.80. The molecule has 0 saturated heterocycles. The van der Waals surface area contributed by atoms with E-state index in [0.717, 1.165) is 37.1 Å². The molecule has 2 heterocycles. The Morgan fingerprint density at radius 1 is 1.19 bits per heavy atom. The maximum absolute atomic E-state index is 14.0. The van der Waals surface area contributed by atoms with Crippen LogP contribution in [0.15, 0.2) is 35.7 Å². The molecule has 5 nitrogen and oxygen atoms in total. The van der Waals surface area contributed by atoms with E-state index in [-0.39, 0.29) is 12.0 Å². The molecule has 162 valence electrons. The lowest BCUT2D eigenvalue weighted by Crippen LogP contribution is -2.36. The number of halogens is 2. The lowest BCUT2D eigenvalue weighted by Gasteiger charge is -2.05. The number of nitrogens with zero attached hydrogens (tertiary/aromatic N) is 1. The third-order valence-electron chi connectivity index (χ3n) is 4.76. The van der Waals surface area contributed by atoms with Crippen LogP contribution in [0, 0.1) is 11.6 Å². The highest BCUT2D eigenvalue weighted by Crippen LogP contribution is 2.38. The standard InChI is InChI=1S/C21H17F2NO4S3/c1-28-17-12-18-20(21-15(17)7-9-29-21)24(8-2-10-31(25,26)27)19(30-18)6-4-13-3-5-14(22)11-16(13)23/h3-7,9,11-12H,2,8,10H2,1H3/b6-4+. The smallest absolute Gasteiger partial charge is 0.262 e. The van der Waals surface area contributed by atoms with Crippen molar-refractivity contribution in [3.05, 3.63) is 57.9 Å². The number of benzene rings is 2. The van der Waals surface area contributed by atoms with Crippen LogP contribution in [0.25, 0.3) is 32.5 Å². The van der Waals surface area contributed by atoms with Crippen molar-refractivity contribution in [1.29, 1.82) is 0 Å². The summed E-state index contributed by atoms with van der Waals surface area (Å²) in [6, 6.07) is 7.21. The largest absolute Gasteiger partial charge is 0.748 e. The van der Waals surface area contributed by atoms with Gasteiger partial charge in [0.05, 0.1) is 17.2 Å². The number of rotatable bonds is 7. The molecule has 0 saturated carbocycles. The molecule has 0 aliphatic carbocycles. The van der Waals surface area contributed by atoms with E-state index in [9.17, 15) is 21.8 Å². The average Bonchev–Trinajstić information content (AvgIpc) is 3.30. The molecule has 10 heteroatoms. The van der Waals surface area contributed by atoms with Gasteiger partial charge in [0.1, 0.15) is 26.8 Å². The van der Waals surface area contributed by atoms with Gasteiger partial charge in [-0.1, -0.05) is 11.3 Å². The predicted molar refractivity (Wildman–Crippen MR) is 118 cm³/mol. The summed E-state index contributed by atoms with van der Waals surface area (Å²) < 4.78 is 69.8. The zero-order valence-electron chi connectivity index (χ0n) is 16.3. The van der Waals surface area contributed by atoms with Gasteiger partial charge in [0.2, 0.25) is 5.52 Å². The normalized spacial score (nSPS) is 12.4. The van der Waals surface area contributed by atoms with E-state index >= 15 is 0 Å². The van der Waals surface area contributed by atoms with Crippen LogP contribution in [0.2, 0.25) is 0 Å². The zero-order chi connectivity index (χ0) is 22.2. The number of ether oxygens (including phenoxy) is 1. The Bertz CT molecular complexity index is 1410. The van der Waals surface area contributed by atoms with Crippen molar-refractivity contribution < 1.29 is 31.1 Å². The molecular formula is C21H17F2NO4S3. The van der Waals surface area contributed by atoms with Crippen LogP contribution in [-0.4, -0.2) is 25.8 Å². The Balaban J connectivity index is 1.84. The number of aromatic nitrogens is 1. The molecule has 4 aromatic rings. The summed E-state index contributed by atoms with van der Waals surface area (Å²) in [6.45, 7) is 0.298. The second-order valence-electron chi connectivity index (χ2n) is 6.80. The van der Waals surface area contributed by atoms with Gasteiger partial charge < -0.3 is 9.29 Å². The number of thiophene rings is 1. The Hall–Kier alpha value is -2.40. The zero-order valence-corrected chi connectivity index (χ0v) is 18.8. The number of hydrogen-bond acceptors (Lipinski definition) is 6. The lowest BCUT2D eigenvalue weighted by molar-refractivity contribution is -0.667. The fourth-order valence-corrected chi connectivity index (χ4v) is 6.03. The highest BCUT2D eigenvalue weighted by atomic mass is 32.2. The molecule has 0 atom stereocenters. The van der Waals surface area contributed by atoms with E-state index in [1.165, 1.54) is 34.8 Å². The van der Waals surface area contributed by atoms with Crippen molar-refractivity contribution in [2.24, 2.45) is 0 Å². The molecule has 0 N–H and O–H groups in total. The average molecular weight is 482 g/mol. The maximum atomic E-state index is 14.0. The molecule has 0 amide bonds. The van der Waals surface area contributed by atoms with Gasteiger partial charge in [0.25, 0.3) is 5.01 Å². The minimum absolute atomic E-state index is 0.146. The molecule has 0 aliphatic heterocycles. The van der Waals surface area contributed by atoms with Crippen LogP contribution in [0.3, 0.4) is 0 Å². The van der Waals surface area contributed by atoms with Gasteiger partial charge in [-0.15, -0.1) is 11.3 Å². The highest BCUT2D eigenvalue weighted by Gasteiger charge is 2.24. The van der Waals surface area contributed by atoms with E-state index in [1.807, 2.05) is 22.1 Å². The molecule has 2 aromatic heterocycles. The fraction of sp³-hybridized carbons (Fsp3) is 0.190. The molecule has 0 radical (unpaired) electrons. The van der Waals surface area contributed by atoms with Gasteiger partial charge in [-0.25, -0.2) is 17.2 Å².